The molecule has 0 atom stereocenters. The summed E-state index contributed by atoms with van der Waals surface area (Å²) >= 11 is 0. The molecule has 2 heterocycles. The Morgan fingerprint density at radius 3 is 2.65 bits per heavy atom. The Balaban J connectivity index is 1.37. The highest BCUT2D eigenvalue weighted by Gasteiger charge is 2.22. The van der Waals surface area contributed by atoms with Crippen molar-refractivity contribution in [2.45, 2.75) is 39.3 Å². The third-order valence-corrected chi connectivity index (χ3v) is 4.75. The summed E-state index contributed by atoms with van der Waals surface area (Å²) in [6.45, 7) is 6.54. The third-order valence-electron chi connectivity index (χ3n) is 4.75. The molecule has 1 aromatic carbocycles. The summed E-state index contributed by atoms with van der Waals surface area (Å²) in [5.74, 6) is 1.59. The van der Waals surface area contributed by atoms with Crippen molar-refractivity contribution >= 4 is 11.8 Å². The number of hydrogen-bond donors (Lipinski definition) is 2. The number of carbonyl (C=O) groups excluding carboxylic acids is 2. The van der Waals surface area contributed by atoms with E-state index in [0.29, 0.717) is 13.1 Å². The minimum Gasteiger partial charge on any atom is -0.454 e. The molecule has 1 saturated heterocycles. The fraction of sp³-hybridized carbons (Fsp3) is 0.579. The first-order chi connectivity index (χ1) is 12.5. The Labute approximate surface area is 154 Å². The van der Waals surface area contributed by atoms with Crippen molar-refractivity contribution in [3.05, 3.63) is 23.8 Å². The smallest absolute Gasteiger partial charge is 0.234 e. The van der Waals surface area contributed by atoms with E-state index in [1.807, 2.05) is 32.0 Å². The first-order valence-corrected chi connectivity index (χ1v) is 9.19. The molecule has 142 valence electrons. The number of likely N-dealkylation sites (tertiary alicyclic amines) is 1. The molecule has 2 N–H and O–H groups in total. The summed E-state index contributed by atoms with van der Waals surface area (Å²) in [7, 11) is 0. The number of carbonyl (C=O) groups is 2. The summed E-state index contributed by atoms with van der Waals surface area (Å²) in [4.78, 5) is 26.1. The van der Waals surface area contributed by atoms with E-state index in [0.717, 1.165) is 43.0 Å². The normalized spacial score (nSPS) is 17.3. The monoisotopic (exact) mass is 361 g/mol. The highest BCUT2D eigenvalue weighted by Crippen LogP contribution is 2.32. The van der Waals surface area contributed by atoms with Gasteiger partial charge in [-0.05, 0) is 30.5 Å². The van der Waals surface area contributed by atoms with E-state index in [2.05, 4.69) is 15.5 Å². The molecule has 0 bridgehead atoms. The van der Waals surface area contributed by atoms with Gasteiger partial charge in [0.25, 0.3) is 0 Å². The van der Waals surface area contributed by atoms with Crippen molar-refractivity contribution in [1.82, 2.24) is 15.5 Å². The van der Waals surface area contributed by atoms with Gasteiger partial charge in [0, 0.05) is 31.6 Å². The van der Waals surface area contributed by atoms with Gasteiger partial charge in [-0.25, -0.2) is 0 Å². The van der Waals surface area contributed by atoms with Crippen molar-refractivity contribution in [3.63, 3.8) is 0 Å². The Morgan fingerprint density at radius 2 is 1.92 bits per heavy atom. The predicted molar refractivity (Wildman–Crippen MR) is 96.9 cm³/mol. The number of fused-ring (bicyclic) bond motifs is 1. The molecule has 1 aromatic rings. The first-order valence-electron chi connectivity index (χ1n) is 9.19. The van der Waals surface area contributed by atoms with Crippen molar-refractivity contribution in [1.29, 1.82) is 0 Å². The van der Waals surface area contributed by atoms with Gasteiger partial charge >= 0.3 is 0 Å². The second-order valence-electron chi connectivity index (χ2n) is 7.18. The van der Waals surface area contributed by atoms with Crippen molar-refractivity contribution in [2.24, 2.45) is 5.92 Å². The van der Waals surface area contributed by atoms with E-state index in [1.54, 1.807) is 0 Å². The van der Waals surface area contributed by atoms with Gasteiger partial charge in [0.05, 0.1) is 6.54 Å². The molecule has 26 heavy (non-hydrogen) atoms. The lowest BCUT2D eigenvalue weighted by Crippen LogP contribution is -2.48. The zero-order chi connectivity index (χ0) is 18.5. The lowest BCUT2D eigenvalue weighted by molar-refractivity contribution is -0.126. The van der Waals surface area contributed by atoms with Gasteiger partial charge in [-0.1, -0.05) is 19.9 Å². The highest BCUT2D eigenvalue weighted by molar-refractivity contribution is 5.78. The Morgan fingerprint density at radius 1 is 1.19 bits per heavy atom. The SMILES string of the molecule is CC(C)C(=O)NC1CCN(CC(=O)NCc2ccc3c(c2)OCO3)CC1. The highest BCUT2D eigenvalue weighted by atomic mass is 16.7. The quantitative estimate of drug-likeness (QED) is 0.798. The van der Waals surface area contributed by atoms with E-state index in [9.17, 15) is 9.59 Å². The average Bonchev–Trinajstić information content (AvgIpc) is 3.09. The molecule has 0 aliphatic carbocycles. The van der Waals surface area contributed by atoms with Crippen LogP contribution in [0.15, 0.2) is 18.2 Å². The van der Waals surface area contributed by atoms with E-state index >= 15 is 0 Å². The molecule has 0 aromatic heterocycles. The Kier molecular flexibility index (Phi) is 5.98. The number of ether oxygens (including phenoxy) is 2. The van der Waals surface area contributed by atoms with E-state index in [4.69, 9.17) is 9.47 Å². The van der Waals surface area contributed by atoms with Crippen LogP contribution in [0, 0.1) is 5.92 Å². The summed E-state index contributed by atoms with van der Waals surface area (Å²) in [5, 5.41) is 6.02. The van der Waals surface area contributed by atoms with Gasteiger partial charge in [-0.15, -0.1) is 0 Å². The van der Waals surface area contributed by atoms with Gasteiger partial charge < -0.3 is 20.1 Å². The summed E-state index contributed by atoms with van der Waals surface area (Å²) in [5.41, 5.74) is 0.984. The van der Waals surface area contributed by atoms with Crippen LogP contribution in [0.4, 0.5) is 0 Å². The standard InChI is InChI=1S/C19H27N3O4/c1-13(2)19(24)21-15-5-7-22(8-6-15)11-18(23)20-10-14-3-4-16-17(9-14)26-12-25-16/h3-4,9,13,15H,5-8,10-12H2,1-2H3,(H,20,23)(H,21,24). The molecule has 7 heteroatoms. The van der Waals surface area contributed by atoms with Gasteiger partial charge in [0.15, 0.2) is 11.5 Å². The molecule has 0 unspecified atom stereocenters. The summed E-state index contributed by atoms with van der Waals surface area (Å²) < 4.78 is 10.6. The zero-order valence-corrected chi connectivity index (χ0v) is 15.4. The van der Waals surface area contributed by atoms with Crippen molar-refractivity contribution in [2.75, 3.05) is 26.4 Å². The molecule has 2 aliphatic rings. The lowest BCUT2D eigenvalue weighted by atomic mass is 10.0. The third kappa shape index (κ3) is 4.88. The number of benzene rings is 1. The van der Waals surface area contributed by atoms with Gasteiger partial charge in [0.1, 0.15) is 0 Å². The van der Waals surface area contributed by atoms with E-state index < -0.39 is 0 Å². The second-order valence-corrected chi connectivity index (χ2v) is 7.18. The molecule has 0 saturated carbocycles. The molecule has 3 rings (SSSR count). The van der Waals surface area contributed by atoms with Crippen LogP contribution in [0.3, 0.4) is 0 Å². The number of amides is 2. The Bertz CT molecular complexity index is 654. The van der Waals surface area contributed by atoms with Crippen LogP contribution in [0.1, 0.15) is 32.3 Å². The van der Waals surface area contributed by atoms with Crippen molar-refractivity contribution in [3.8, 4) is 11.5 Å². The van der Waals surface area contributed by atoms with E-state index in [1.165, 1.54) is 0 Å². The number of nitrogens with zero attached hydrogens (tertiary/aromatic N) is 1. The van der Waals surface area contributed by atoms with Crippen LogP contribution in [0.5, 0.6) is 11.5 Å². The van der Waals surface area contributed by atoms with Gasteiger partial charge in [-0.2, -0.15) is 0 Å². The predicted octanol–water partition coefficient (Wildman–Crippen LogP) is 1.27. The van der Waals surface area contributed by atoms with Crippen LogP contribution in [-0.2, 0) is 16.1 Å². The van der Waals surface area contributed by atoms with Crippen LogP contribution in [0.2, 0.25) is 0 Å². The van der Waals surface area contributed by atoms with Crippen LogP contribution >= 0.6 is 0 Å². The minimum absolute atomic E-state index is 0.00679. The number of piperidine rings is 1. The molecular weight excluding hydrogens is 334 g/mol. The number of nitrogens with one attached hydrogen (secondary N) is 2. The molecular formula is C19H27N3O4. The topological polar surface area (TPSA) is 79.9 Å². The fourth-order valence-corrected chi connectivity index (χ4v) is 3.11. The van der Waals surface area contributed by atoms with Crippen LogP contribution < -0.4 is 20.1 Å². The number of hydrogen-bond acceptors (Lipinski definition) is 5. The van der Waals surface area contributed by atoms with Gasteiger partial charge in [0.2, 0.25) is 18.6 Å². The van der Waals surface area contributed by atoms with Crippen LogP contribution in [-0.4, -0.2) is 49.2 Å². The Hall–Kier alpha value is -2.28. The minimum atomic E-state index is 0.00679. The zero-order valence-electron chi connectivity index (χ0n) is 15.4. The fourth-order valence-electron chi connectivity index (χ4n) is 3.11. The summed E-state index contributed by atoms with van der Waals surface area (Å²) in [6.07, 6.45) is 1.77. The largest absolute Gasteiger partial charge is 0.454 e. The molecule has 0 spiro atoms. The van der Waals surface area contributed by atoms with Crippen LogP contribution in [0.25, 0.3) is 0 Å². The molecule has 7 nitrogen and oxygen atoms in total. The summed E-state index contributed by atoms with van der Waals surface area (Å²) in [6, 6.07) is 5.90. The lowest BCUT2D eigenvalue weighted by Gasteiger charge is -2.32. The average molecular weight is 361 g/mol. The molecule has 2 amide bonds. The maximum absolute atomic E-state index is 12.2. The maximum Gasteiger partial charge on any atom is 0.234 e. The van der Waals surface area contributed by atoms with Crippen molar-refractivity contribution < 1.29 is 19.1 Å². The second kappa shape index (κ2) is 8.40. The molecule has 1 fully saturated rings. The number of rotatable bonds is 6. The maximum atomic E-state index is 12.2. The van der Waals surface area contributed by atoms with Gasteiger partial charge in [-0.3, -0.25) is 14.5 Å². The molecule has 0 radical (unpaired) electrons. The first kappa shape index (κ1) is 18.5. The van der Waals surface area contributed by atoms with E-state index in [-0.39, 0.29) is 30.6 Å². The molecule has 2 aliphatic heterocycles.